The summed E-state index contributed by atoms with van der Waals surface area (Å²) in [6, 6.07) is 11.2. The Labute approximate surface area is 110 Å². The molecule has 0 aromatic heterocycles. The van der Waals surface area contributed by atoms with E-state index in [1.807, 2.05) is 0 Å². The molecule has 2 aromatic rings. The van der Waals surface area contributed by atoms with Crippen LogP contribution in [0.3, 0.4) is 0 Å². The third-order valence-electron chi connectivity index (χ3n) is 2.62. The molecule has 0 fully saturated rings. The molecule has 0 aliphatic heterocycles. The van der Waals surface area contributed by atoms with Crippen LogP contribution in [0.15, 0.2) is 42.5 Å². The fourth-order valence-electron chi connectivity index (χ4n) is 1.59. The Hall–Kier alpha value is -2.69. The van der Waals surface area contributed by atoms with Crippen molar-refractivity contribution in [2.45, 2.75) is 0 Å². The molecule has 0 saturated carbocycles. The van der Waals surface area contributed by atoms with Crippen LogP contribution in [0.25, 0.3) is 0 Å². The van der Waals surface area contributed by atoms with Crippen molar-refractivity contribution in [2.75, 3.05) is 18.2 Å². The molecule has 0 unspecified atom stereocenters. The van der Waals surface area contributed by atoms with Gasteiger partial charge >= 0.3 is 0 Å². The van der Waals surface area contributed by atoms with E-state index in [9.17, 15) is 9.90 Å². The highest BCUT2D eigenvalue weighted by atomic mass is 16.5. The van der Waals surface area contributed by atoms with Crippen LogP contribution in [-0.4, -0.2) is 18.1 Å². The summed E-state index contributed by atoms with van der Waals surface area (Å²) >= 11 is 0. The number of benzene rings is 2. The molecule has 0 saturated heterocycles. The Balaban J connectivity index is 2.15. The molecule has 2 aromatic carbocycles. The molecular weight excluding hydrogens is 244 g/mol. The third kappa shape index (κ3) is 2.95. The van der Waals surface area contributed by atoms with Gasteiger partial charge in [0.2, 0.25) is 0 Å². The zero-order valence-electron chi connectivity index (χ0n) is 10.4. The zero-order valence-corrected chi connectivity index (χ0v) is 10.4. The predicted octanol–water partition coefficient (Wildman–Crippen LogP) is 2.24. The molecule has 2 rings (SSSR count). The topological polar surface area (TPSA) is 84.6 Å². The molecule has 4 N–H and O–H groups in total. The van der Waals surface area contributed by atoms with Crippen molar-refractivity contribution >= 4 is 17.3 Å². The van der Waals surface area contributed by atoms with Crippen LogP contribution in [-0.2, 0) is 0 Å². The van der Waals surface area contributed by atoms with Crippen molar-refractivity contribution in [2.24, 2.45) is 0 Å². The van der Waals surface area contributed by atoms with Gasteiger partial charge in [-0.15, -0.1) is 0 Å². The number of methoxy groups -OCH3 is 1. The van der Waals surface area contributed by atoms with Gasteiger partial charge in [0.25, 0.3) is 5.91 Å². The number of nitrogens with two attached hydrogens (primary N) is 1. The van der Waals surface area contributed by atoms with Gasteiger partial charge in [0.1, 0.15) is 11.5 Å². The lowest BCUT2D eigenvalue weighted by atomic mass is 10.2. The SMILES string of the molecule is COc1ccc(C(=O)Nc2ccc(N)cc2O)cc1. The van der Waals surface area contributed by atoms with Gasteiger partial charge in [-0.2, -0.15) is 0 Å². The number of aromatic hydroxyl groups is 1. The maximum Gasteiger partial charge on any atom is 0.255 e. The van der Waals surface area contributed by atoms with Gasteiger partial charge in [-0.1, -0.05) is 0 Å². The fourth-order valence-corrected chi connectivity index (χ4v) is 1.59. The van der Waals surface area contributed by atoms with E-state index in [1.54, 1.807) is 43.5 Å². The Morgan fingerprint density at radius 1 is 1.21 bits per heavy atom. The van der Waals surface area contributed by atoms with Crippen LogP contribution in [0.2, 0.25) is 0 Å². The van der Waals surface area contributed by atoms with E-state index in [-0.39, 0.29) is 11.7 Å². The lowest BCUT2D eigenvalue weighted by Crippen LogP contribution is -2.11. The maximum atomic E-state index is 12.0. The van der Waals surface area contributed by atoms with Crippen LogP contribution < -0.4 is 15.8 Å². The van der Waals surface area contributed by atoms with E-state index < -0.39 is 0 Å². The number of nitrogens with one attached hydrogen (secondary N) is 1. The smallest absolute Gasteiger partial charge is 0.255 e. The molecule has 0 atom stereocenters. The highest BCUT2D eigenvalue weighted by molar-refractivity contribution is 6.05. The predicted molar refractivity (Wildman–Crippen MR) is 73.5 cm³/mol. The van der Waals surface area contributed by atoms with Gasteiger partial charge in [-0.05, 0) is 36.4 Å². The van der Waals surface area contributed by atoms with Gasteiger partial charge in [0.15, 0.2) is 0 Å². The summed E-state index contributed by atoms with van der Waals surface area (Å²) in [6.45, 7) is 0. The number of phenols is 1. The second-order valence-corrected chi connectivity index (χ2v) is 3.96. The first kappa shape index (κ1) is 12.8. The van der Waals surface area contributed by atoms with Crippen molar-refractivity contribution in [1.82, 2.24) is 0 Å². The van der Waals surface area contributed by atoms with Crippen LogP contribution in [0, 0.1) is 0 Å². The van der Waals surface area contributed by atoms with Crippen molar-refractivity contribution in [3.63, 3.8) is 0 Å². The molecule has 19 heavy (non-hydrogen) atoms. The molecule has 0 bridgehead atoms. The number of amides is 1. The van der Waals surface area contributed by atoms with Gasteiger partial charge < -0.3 is 20.9 Å². The second kappa shape index (κ2) is 5.30. The Morgan fingerprint density at radius 3 is 2.47 bits per heavy atom. The fraction of sp³-hybridized carbons (Fsp3) is 0.0714. The lowest BCUT2D eigenvalue weighted by molar-refractivity contribution is 0.102. The molecule has 0 aliphatic carbocycles. The monoisotopic (exact) mass is 258 g/mol. The van der Waals surface area contributed by atoms with Gasteiger partial charge in [0, 0.05) is 17.3 Å². The highest BCUT2D eigenvalue weighted by Crippen LogP contribution is 2.25. The molecule has 5 heteroatoms. The van der Waals surface area contributed by atoms with Crippen molar-refractivity contribution in [1.29, 1.82) is 0 Å². The summed E-state index contributed by atoms with van der Waals surface area (Å²) in [5, 5.41) is 12.3. The van der Waals surface area contributed by atoms with E-state index in [0.717, 1.165) is 0 Å². The third-order valence-corrected chi connectivity index (χ3v) is 2.62. The first-order valence-electron chi connectivity index (χ1n) is 5.64. The summed E-state index contributed by atoms with van der Waals surface area (Å²) in [5.74, 6) is 0.288. The van der Waals surface area contributed by atoms with Crippen molar-refractivity contribution in [3.8, 4) is 11.5 Å². The number of carbonyl (C=O) groups excluding carboxylic acids is 1. The number of rotatable bonds is 3. The molecule has 0 radical (unpaired) electrons. The summed E-state index contributed by atoms with van der Waals surface area (Å²) in [7, 11) is 1.56. The minimum atomic E-state index is -0.317. The molecule has 5 nitrogen and oxygen atoms in total. The normalized spacial score (nSPS) is 9.95. The number of carbonyl (C=O) groups is 1. The average Bonchev–Trinajstić information content (AvgIpc) is 2.42. The van der Waals surface area contributed by atoms with Gasteiger partial charge in [0.05, 0.1) is 12.8 Å². The number of hydrogen-bond acceptors (Lipinski definition) is 4. The van der Waals surface area contributed by atoms with Crippen LogP contribution in [0.4, 0.5) is 11.4 Å². The van der Waals surface area contributed by atoms with E-state index in [4.69, 9.17) is 10.5 Å². The second-order valence-electron chi connectivity index (χ2n) is 3.96. The quantitative estimate of drug-likeness (QED) is 0.582. The molecule has 0 spiro atoms. The van der Waals surface area contributed by atoms with Crippen LogP contribution >= 0.6 is 0 Å². The average molecular weight is 258 g/mol. The van der Waals surface area contributed by atoms with E-state index in [1.165, 1.54) is 6.07 Å². The highest BCUT2D eigenvalue weighted by Gasteiger charge is 2.09. The first-order valence-corrected chi connectivity index (χ1v) is 5.64. The van der Waals surface area contributed by atoms with Gasteiger partial charge in [-0.25, -0.2) is 0 Å². The van der Waals surface area contributed by atoms with E-state index >= 15 is 0 Å². The molecule has 0 aliphatic rings. The van der Waals surface area contributed by atoms with E-state index in [0.29, 0.717) is 22.7 Å². The van der Waals surface area contributed by atoms with Crippen molar-refractivity contribution < 1.29 is 14.6 Å². The first-order chi connectivity index (χ1) is 9.10. The van der Waals surface area contributed by atoms with Crippen molar-refractivity contribution in [3.05, 3.63) is 48.0 Å². The molecular formula is C14H14N2O3. The minimum absolute atomic E-state index is 0.0677. The van der Waals surface area contributed by atoms with E-state index in [2.05, 4.69) is 5.32 Å². The number of anilines is 2. The van der Waals surface area contributed by atoms with Gasteiger partial charge in [-0.3, -0.25) is 4.79 Å². The number of hydrogen-bond donors (Lipinski definition) is 3. The summed E-state index contributed by atoms with van der Waals surface area (Å²) in [4.78, 5) is 12.0. The Kier molecular flexibility index (Phi) is 3.56. The maximum absolute atomic E-state index is 12.0. The standard InChI is InChI=1S/C14H14N2O3/c1-19-11-5-2-9(3-6-11)14(18)16-12-7-4-10(15)8-13(12)17/h2-8,17H,15H2,1H3,(H,16,18). The van der Waals surface area contributed by atoms with Crippen LogP contribution in [0.1, 0.15) is 10.4 Å². The molecule has 1 amide bonds. The zero-order chi connectivity index (χ0) is 13.8. The summed E-state index contributed by atoms with van der Waals surface area (Å²) < 4.78 is 5.01. The molecule has 98 valence electrons. The summed E-state index contributed by atoms with van der Waals surface area (Å²) in [5.41, 5.74) is 6.73. The Bertz CT molecular complexity index is 594. The summed E-state index contributed by atoms with van der Waals surface area (Å²) in [6.07, 6.45) is 0. The number of phenolic OH excluding ortho intramolecular Hbond substituents is 1. The van der Waals surface area contributed by atoms with Crippen LogP contribution in [0.5, 0.6) is 11.5 Å². The lowest BCUT2D eigenvalue weighted by Gasteiger charge is -2.08. The minimum Gasteiger partial charge on any atom is -0.506 e. The molecule has 0 heterocycles. The largest absolute Gasteiger partial charge is 0.506 e. The number of nitrogen functional groups attached to an aromatic ring is 1. The Morgan fingerprint density at radius 2 is 1.89 bits per heavy atom. The number of ether oxygens (including phenoxy) is 1.